The van der Waals surface area contributed by atoms with Crippen molar-refractivity contribution < 1.29 is 23.0 Å². The highest BCUT2D eigenvalue weighted by Gasteiger charge is 2.42. The maximum Gasteiger partial charge on any atom is 0.416 e. The molecule has 1 unspecified atom stereocenters. The minimum atomic E-state index is -2.69. The molecular formula is C14H13F2N3O3S. The van der Waals surface area contributed by atoms with Crippen molar-refractivity contribution in [1.82, 2.24) is 9.55 Å². The van der Waals surface area contributed by atoms with Gasteiger partial charge in [-0.15, -0.1) is 11.3 Å². The van der Waals surface area contributed by atoms with E-state index in [1.165, 1.54) is 11.3 Å². The minimum Gasteiger partial charge on any atom is -0.490 e. The number of amides is 1. The summed E-state index contributed by atoms with van der Waals surface area (Å²) in [6.45, 7) is 2.62. The molecule has 6 nitrogen and oxygen atoms in total. The number of aryl methyl sites for hydroxylation is 1. The summed E-state index contributed by atoms with van der Waals surface area (Å²) < 4.78 is 38.5. The van der Waals surface area contributed by atoms with Gasteiger partial charge in [0.25, 0.3) is 6.43 Å². The molecule has 2 aromatic heterocycles. The average molecular weight is 341 g/mol. The van der Waals surface area contributed by atoms with Crippen LogP contribution >= 0.6 is 11.3 Å². The number of halogens is 2. The molecule has 0 spiro atoms. The van der Waals surface area contributed by atoms with Crippen LogP contribution in [-0.4, -0.2) is 41.3 Å². The van der Waals surface area contributed by atoms with Crippen molar-refractivity contribution >= 4 is 23.2 Å². The smallest absolute Gasteiger partial charge is 0.416 e. The van der Waals surface area contributed by atoms with Crippen molar-refractivity contribution in [3.05, 3.63) is 17.1 Å². The van der Waals surface area contributed by atoms with E-state index in [-0.39, 0.29) is 12.4 Å². The van der Waals surface area contributed by atoms with E-state index >= 15 is 0 Å². The quantitative estimate of drug-likeness (QED) is 0.843. The van der Waals surface area contributed by atoms with Crippen molar-refractivity contribution in [3.8, 4) is 16.5 Å². The number of anilines is 1. The van der Waals surface area contributed by atoms with Crippen LogP contribution in [0, 0.1) is 6.92 Å². The van der Waals surface area contributed by atoms with Crippen LogP contribution in [0.25, 0.3) is 10.7 Å². The second kappa shape index (κ2) is 5.19. The van der Waals surface area contributed by atoms with Crippen molar-refractivity contribution in [1.29, 1.82) is 0 Å². The number of aromatic nitrogens is 2. The number of rotatable bonds is 2. The molecule has 0 aromatic carbocycles. The van der Waals surface area contributed by atoms with Gasteiger partial charge < -0.3 is 14.0 Å². The molecule has 0 saturated carbocycles. The summed E-state index contributed by atoms with van der Waals surface area (Å²) in [5.74, 6) is 1.54. The van der Waals surface area contributed by atoms with E-state index < -0.39 is 18.6 Å². The lowest BCUT2D eigenvalue weighted by molar-refractivity contribution is 0.104. The van der Waals surface area contributed by atoms with Crippen LogP contribution in [0.3, 0.4) is 0 Å². The fourth-order valence-electron chi connectivity index (χ4n) is 2.76. The Kier molecular flexibility index (Phi) is 3.26. The van der Waals surface area contributed by atoms with Gasteiger partial charge in [0.2, 0.25) is 0 Å². The van der Waals surface area contributed by atoms with Crippen LogP contribution in [0.2, 0.25) is 0 Å². The lowest BCUT2D eigenvalue weighted by atomic mass is 10.3. The summed E-state index contributed by atoms with van der Waals surface area (Å²) in [7, 11) is 0. The number of ether oxygens (including phenoxy) is 2. The number of fused-ring (bicyclic) bond motifs is 3. The molecule has 122 valence electrons. The summed E-state index contributed by atoms with van der Waals surface area (Å²) in [6, 6.07) is 0.623. The molecule has 1 saturated heterocycles. The van der Waals surface area contributed by atoms with Gasteiger partial charge in [0.1, 0.15) is 29.9 Å². The molecule has 4 heterocycles. The first-order valence-corrected chi connectivity index (χ1v) is 7.91. The Labute approximate surface area is 134 Å². The van der Waals surface area contributed by atoms with Crippen LogP contribution in [-0.2, 0) is 11.3 Å². The standard InChI is InChI=1S/C14H13F2N3O3S/c1-7-4-9-11(23-7)13-17-10(5-18(13)2-3-21-9)19-8(12(15)16)6-22-14(19)20/h4-5,8,12H,2-3,6H2,1H3. The Hall–Kier alpha value is -2.16. The molecule has 1 atom stereocenters. The second-order valence-corrected chi connectivity index (χ2v) is 6.62. The molecule has 2 aliphatic rings. The van der Waals surface area contributed by atoms with Crippen LogP contribution in [0.1, 0.15) is 4.88 Å². The lowest BCUT2D eigenvalue weighted by Crippen LogP contribution is -2.38. The Morgan fingerprint density at radius 2 is 2.26 bits per heavy atom. The van der Waals surface area contributed by atoms with Gasteiger partial charge >= 0.3 is 6.09 Å². The predicted octanol–water partition coefficient (Wildman–Crippen LogP) is 2.90. The molecule has 2 aliphatic heterocycles. The first-order valence-electron chi connectivity index (χ1n) is 7.09. The maximum atomic E-state index is 13.1. The maximum absolute atomic E-state index is 13.1. The number of thiophene rings is 1. The van der Waals surface area contributed by atoms with Gasteiger partial charge in [0, 0.05) is 11.1 Å². The molecular weight excluding hydrogens is 328 g/mol. The zero-order chi connectivity index (χ0) is 16.1. The number of hydrogen-bond acceptors (Lipinski definition) is 5. The van der Waals surface area contributed by atoms with Gasteiger partial charge in [0.05, 0.1) is 6.54 Å². The Balaban J connectivity index is 1.78. The topological polar surface area (TPSA) is 56.6 Å². The molecule has 9 heteroatoms. The molecule has 1 fully saturated rings. The normalized spacial score (nSPS) is 20.1. The highest BCUT2D eigenvalue weighted by molar-refractivity contribution is 7.15. The fraction of sp³-hybridized carbons (Fsp3) is 0.429. The third kappa shape index (κ3) is 2.26. The third-order valence-corrected chi connectivity index (χ3v) is 4.85. The van der Waals surface area contributed by atoms with E-state index in [2.05, 4.69) is 4.98 Å². The number of hydrogen-bond donors (Lipinski definition) is 0. The van der Waals surface area contributed by atoms with E-state index in [9.17, 15) is 13.6 Å². The molecule has 2 aromatic rings. The summed E-state index contributed by atoms with van der Waals surface area (Å²) in [5.41, 5.74) is 0. The molecule has 0 aliphatic carbocycles. The first-order chi connectivity index (χ1) is 11.0. The Morgan fingerprint density at radius 1 is 1.43 bits per heavy atom. The Morgan fingerprint density at radius 3 is 3.04 bits per heavy atom. The minimum absolute atomic E-state index is 0.187. The highest BCUT2D eigenvalue weighted by Crippen LogP contribution is 2.40. The van der Waals surface area contributed by atoms with Gasteiger partial charge in [-0.2, -0.15) is 0 Å². The van der Waals surface area contributed by atoms with Crippen molar-refractivity contribution in [2.75, 3.05) is 18.1 Å². The largest absolute Gasteiger partial charge is 0.490 e. The number of carbonyl (C=O) groups excluding carboxylic acids is 1. The molecule has 0 bridgehead atoms. The van der Waals surface area contributed by atoms with Gasteiger partial charge in [0.15, 0.2) is 11.6 Å². The average Bonchev–Trinajstić information content (AvgIpc) is 3.14. The van der Waals surface area contributed by atoms with Crippen LogP contribution < -0.4 is 9.64 Å². The van der Waals surface area contributed by atoms with Gasteiger partial charge in [-0.05, 0) is 13.0 Å². The van der Waals surface area contributed by atoms with Crippen molar-refractivity contribution in [2.24, 2.45) is 0 Å². The van der Waals surface area contributed by atoms with Crippen LogP contribution in [0.15, 0.2) is 12.3 Å². The number of cyclic esters (lactones) is 1. The van der Waals surface area contributed by atoms with Crippen molar-refractivity contribution in [2.45, 2.75) is 25.9 Å². The number of imidazole rings is 1. The van der Waals surface area contributed by atoms with Gasteiger partial charge in [-0.1, -0.05) is 0 Å². The fourth-order valence-corrected chi connectivity index (χ4v) is 3.72. The molecule has 23 heavy (non-hydrogen) atoms. The summed E-state index contributed by atoms with van der Waals surface area (Å²) in [6.07, 6.45) is -1.88. The van der Waals surface area contributed by atoms with E-state index in [1.807, 2.05) is 17.6 Å². The number of nitrogens with zero attached hydrogens (tertiary/aromatic N) is 3. The van der Waals surface area contributed by atoms with E-state index in [1.54, 1.807) is 6.20 Å². The van der Waals surface area contributed by atoms with Gasteiger partial charge in [-0.25, -0.2) is 23.5 Å². The Bertz CT molecular complexity index is 773. The van der Waals surface area contributed by atoms with E-state index in [0.29, 0.717) is 19.0 Å². The molecule has 1 amide bonds. The zero-order valence-electron chi connectivity index (χ0n) is 12.2. The molecule has 4 rings (SSSR count). The third-order valence-electron chi connectivity index (χ3n) is 3.82. The SMILES string of the molecule is Cc1cc2c(s1)-c1nc(N3C(=O)OCC3C(F)F)cn1CCO2. The predicted molar refractivity (Wildman–Crippen MR) is 79.4 cm³/mol. The molecule has 0 radical (unpaired) electrons. The monoisotopic (exact) mass is 341 g/mol. The second-order valence-electron chi connectivity index (χ2n) is 5.36. The summed E-state index contributed by atoms with van der Waals surface area (Å²) in [5, 5.41) is 0. The lowest BCUT2D eigenvalue weighted by Gasteiger charge is -2.17. The zero-order valence-corrected chi connectivity index (χ0v) is 13.0. The highest BCUT2D eigenvalue weighted by atomic mass is 32.1. The van der Waals surface area contributed by atoms with E-state index in [4.69, 9.17) is 9.47 Å². The first kappa shape index (κ1) is 14.4. The van der Waals surface area contributed by atoms with Crippen LogP contribution in [0.4, 0.5) is 19.4 Å². The molecule has 0 N–H and O–H groups in total. The number of carbonyl (C=O) groups is 1. The summed E-state index contributed by atoms with van der Waals surface area (Å²) >= 11 is 1.52. The van der Waals surface area contributed by atoms with Gasteiger partial charge in [-0.3, -0.25) is 0 Å². The van der Waals surface area contributed by atoms with Crippen LogP contribution in [0.5, 0.6) is 5.75 Å². The summed E-state index contributed by atoms with van der Waals surface area (Å²) in [4.78, 5) is 19.1. The number of alkyl halides is 2. The van der Waals surface area contributed by atoms with Crippen molar-refractivity contribution in [3.63, 3.8) is 0 Å². The van der Waals surface area contributed by atoms with E-state index in [0.717, 1.165) is 20.4 Å².